The maximum absolute atomic E-state index is 11.7. The lowest BCUT2D eigenvalue weighted by Gasteiger charge is -2.18. The number of ether oxygens (including phenoxy) is 3. The van der Waals surface area contributed by atoms with Crippen LogP contribution in [0.25, 0.3) is 0 Å². The Morgan fingerprint density at radius 1 is 0.833 bits per heavy atom. The van der Waals surface area contributed by atoms with E-state index in [0.717, 1.165) is 19.3 Å². The van der Waals surface area contributed by atoms with E-state index in [9.17, 15) is 14.4 Å². The van der Waals surface area contributed by atoms with Crippen molar-refractivity contribution in [3.63, 3.8) is 0 Å². The Labute approximate surface area is 177 Å². The first-order chi connectivity index (χ1) is 14.6. The molecule has 1 heterocycles. The second-order valence-electron chi connectivity index (χ2n) is 7.01. The first kappa shape index (κ1) is 26.4. The Morgan fingerprint density at radius 3 is 2.03 bits per heavy atom. The van der Waals surface area contributed by atoms with E-state index in [1.54, 1.807) is 0 Å². The minimum Gasteiger partial charge on any atom is -0.396 e. The van der Waals surface area contributed by atoms with E-state index in [1.165, 1.54) is 0 Å². The summed E-state index contributed by atoms with van der Waals surface area (Å²) in [5.74, 6) is -1.51. The van der Waals surface area contributed by atoms with E-state index < -0.39 is 17.8 Å². The average Bonchev–Trinajstić information content (AvgIpc) is 3.04. The molecule has 0 bridgehead atoms. The Balaban J connectivity index is 2.04. The number of hydrogen-bond acceptors (Lipinski definition) is 9. The van der Waals surface area contributed by atoms with E-state index in [4.69, 9.17) is 29.3 Å². The molecule has 10 nitrogen and oxygen atoms in total. The second kappa shape index (κ2) is 17.1. The maximum Gasteiger partial charge on any atom is 0.333 e. The number of carbonyl (C=O) groups is 3. The Morgan fingerprint density at radius 2 is 1.40 bits per heavy atom. The molecular weight excluding hydrogens is 398 g/mol. The summed E-state index contributed by atoms with van der Waals surface area (Å²) in [6.07, 6.45) is 4.36. The van der Waals surface area contributed by atoms with Gasteiger partial charge < -0.3 is 29.3 Å². The summed E-state index contributed by atoms with van der Waals surface area (Å²) in [5, 5.41) is 18.2. The van der Waals surface area contributed by atoms with Gasteiger partial charge in [-0.05, 0) is 25.7 Å². The quantitative estimate of drug-likeness (QED) is 0.223. The molecule has 0 aromatic heterocycles. The smallest absolute Gasteiger partial charge is 0.333 e. The van der Waals surface area contributed by atoms with Gasteiger partial charge in [0.1, 0.15) is 6.10 Å². The zero-order valence-electron chi connectivity index (χ0n) is 17.6. The van der Waals surface area contributed by atoms with Gasteiger partial charge in [-0.3, -0.25) is 9.59 Å². The van der Waals surface area contributed by atoms with Crippen molar-refractivity contribution in [1.29, 1.82) is 0 Å². The molecule has 1 unspecified atom stereocenters. The Bertz CT molecular complexity index is 485. The van der Waals surface area contributed by atoms with E-state index in [1.807, 2.05) is 0 Å². The van der Waals surface area contributed by atoms with Gasteiger partial charge in [-0.15, -0.1) is 5.06 Å². The van der Waals surface area contributed by atoms with Gasteiger partial charge >= 0.3 is 5.97 Å². The molecule has 0 aromatic carbocycles. The van der Waals surface area contributed by atoms with Crippen molar-refractivity contribution < 1.29 is 43.6 Å². The van der Waals surface area contributed by atoms with E-state index in [-0.39, 0.29) is 38.6 Å². The van der Waals surface area contributed by atoms with E-state index in [2.05, 4.69) is 0 Å². The SMILES string of the molecule is O=C(CCCCCCOCC(COCCCO)OCCCO)ON1C(=O)CCC1=O. The van der Waals surface area contributed by atoms with Gasteiger partial charge in [-0.25, -0.2) is 4.79 Å². The number of rotatable bonds is 19. The van der Waals surface area contributed by atoms with Gasteiger partial charge in [0.25, 0.3) is 11.8 Å². The van der Waals surface area contributed by atoms with Crippen molar-refractivity contribution in [2.45, 2.75) is 63.9 Å². The largest absolute Gasteiger partial charge is 0.396 e. The number of imide groups is 1. The minimum atomic E-state index is -0.570. The van der Waals surface area contributed by atoms with Crippen LogP contribution >= 0.6 is 0 Å². The fraction of sp³-hybridized carbons (Fsp3) is 0.850. The van der Waals surface area contributed by atoms with Crippen LogP contribution in [0.15, 0.2) is 0 Å². The van der Waals surface area contributed by atoms with Crippen molar-refractivity contribution >= 4 is 17.8 Å². The monoisotopic (exact) mass is 433 g/mol. The number of nitrogens with zero attached hydrogens (tertiary/aromatic N) is 1. The molecule has 1 fully saturated rings. The topological polar surface area (TPSA) is 132 Å². The maximum atomic E-state index is 11.7. The average molecular weight is 433 g/mol. The third-order valence-electron chi connectivity index (χ3n) is 4.33. The molecule has 174 valence electrons. The third-order valence-corrected chi connectivity index (χ3v) is 4.33. The fourth-order valence-electron chi connectivity index (χ4n) is 2.69. The summed E-state index contributed by atoms with van der Waals surface area (Å²) >= 11 is 0. The van der Waals surface area contributed by atoms with Crippen LogP contribution in [0.5, 0.6) is 0 Å². The van der Waals surface area contributed by atoms with Crippen LogP contribution in [0.1, 0.15) is 57.8 Å². The minimum absolute atomic E-state index is 0.0666. The number of carbonyl (C=O) groups excluding carboxylic acids is 3. The van der Waals surface area contributed by atoms with Crippen molar-refractivity contribution in [2.24, 2.45) is 0 Å². The molecule has 0 aromatic rings. The van der Waals surface area contributed by atoms with Crippen molar-refractivity contribution in [3.05, 3.63) is 0 Å². The van der Waals surface area contributed by atoms with Crippen molar-refractivity contribution in [2.75, 3.05) is 46.2 Å². The molecule has 0 aliphatic carbocycles. The lowest BCUT2D eigenvalue weighted by atomic mass is 10.1. The van der Waals surface area contributed by atoms with Gasteiger partial charge in [0.05, 0.1) is 13.2 Å². The van der Waals surface area contributed by atoms with Crippen LogP contribution in [0.3, 0.4) is 0 Å². The zero-order chi connectivity index (χ0) is 22.0. The van der Waals surface area contributed by atoms with Crippen LogP contribution in [0, 0.1) is 0 Å². The molecule has 1 aliphatic rings. The van der Waals surface area contributed by atoms with E-state index >= 15 is 0 Å². The summed E-state index contributed by atoms with van der Waals surface area (Å²) in [7, 11) is 0. The predicted molar refractivity (Wildman–Crippen MR) is 105 cm³/mol. The molecule has 2 N–H and O–H groups in total. The fourth-order valence-corrected chi connectivity index (χ4v) is 2.69. The summed E-state index contributed by atoms with van der Waals surface area (Å²) in [6, 6.07) is 0. The summed E-state index contributed by atoms with van der Waals surface area (Å²) in [6.45, 7) is 2.34. The standard InChI is InChI=1S/C20H35NO9/c22-10-5-13-28-16-17(29-14-6-11-23)15-27-12-4-2-1-3-7-20(26)30-21-18(24)8-9-19(21)25/h17,22-23H,1-16H2. The first-order valence-electron chi connectivity index (χ1n) is 10.6. The summed E-state index contributed by atoms with van der Waals surface area (Å²) in [4.78, 5) is 39.3. The highest BCUT2D eigenvalue weighted by molar-refractivity contribution is 6.01. The molecule has 0 radical (unpaired) electrons. The van der Waals surface area contributed by atoms with Crippen LogP contribution in [0.4, 0.5) is 0 Å². The molecule has 0 spiro atoms. The summed E-state index contributed by atoms with van der Waals surface area (Å²) in [5.41, 5.74) is 0. The lowest BCUT2D eigenvalue weighted by molar-refractivity contribution is -0.197. The molecule has 1 aliphatic heterocycles. The Hall–Kier alpha value is -1.59. The van der Waals surface area contributed by atoms with Crippen LogP contribution in [-0.2, 0) is 33.4 Å². The Kier molecular flexibility index (Phi) is 15.1. The molecule has 2 amide bonds. The number of hydroxylamine groups is 2. The molecule has 1 rings (SSSR count). The number of amides is 2. The third kappa shape index (κ3) is 12.2. The molecule has 1 atom stereocenters. The second-order valence-corrected chi connectivity index (χ2v) is 7.01. The van der Waals surface area contributed by atoms with Gasteiger partial charge in [0.15, 0.2) is 0 Å². The zero-order valence-corrected chi connectivity index (χ0v) is 17.6. The van der Waals surface area contributed by atoms with Gasteiger partial charge in [-0.1, -0.05) is 12.8 Å². The normalized spacial score (nSPS) is 15.1. The van der Waals surface area contributed by atoms with Crippen molar-refractivity contribution in [3.8, 4) is 0 Å². The molecule has 30 heavy (non-hydrogen) atoms. The predicted octanol–water partition coefficient (Wildman–Crippen LogP) is 0.727. The number of unbranched alkanes of at least 4 members (excludes halogenated alkanes) is 3. The number of aliphatic hydroxyl groups is 2. The lowest BCUT2D eigenvalue weighted by Crippen LogP contribution is -2.31. The van der Waals surface area contributed by atoms with Gasteiger partial charge in [-0.2, -0.15) is 0 Å². The summed E-state index contributed by atoms with van der Waals surface area (Å²) < 4.78 is 16.7. The van der Waals surface area contributed by atoms with E-state index in [0.29, 0.717) is 57.4 Å². The highest BCUT2D eigenvalue weighted by Gasteiger charge is 2.32. The van der Waals surface area contributed by atoms with Gasteiger partial charge in [0.2, 0.25) is 0 Å². The first-order valence-corrected chi connectivity index (χ1v) is 10.6. The number of hydrogen-bond donors (Lipinski definition) is 2. The molecule has 0 saturated carbocycles. The van der Waals surface area contributed by atoms with Crippen LogP contribution < -0.4 is 0 Å². The number of aliphatic hydroxyl groups excluding tert-OH is 2. The van der Waals surface area contributed by atoms with Crippen LogP contribution in [-0.4, -0.2) is 85.4 Å². The van der Waals surface area contributed by atoms with Crippen molar-refractivity contribution in [1.82, 2.24) is 5.06 Å². The van der Waals surface area contributed by atoms with Crippen LogP contribution in [0.2, 0.25) is 0 Å². The van der Waals surface area contributed by atoms with Gasteiger partial charge in [0, 0.05) is 52.3 Å². The molecular formula is C20H35NO9. The highest BCUT2D eigenvalue weighted by Crippen LogP contribution is 2.13. The highest BCUT2D eigenvalue weighted by atomic mass is 16.7. The molecule has 10 heteroatoms. The molecule has 1 saturated heterocycles.